The molecule has 2 aliphatic heterocycles. The molecule has 2 aromatic rings. The highest BCUT2D eigenvalue weighted by Crippen LogP contribution is 2.31. The second-order valence-electron chi connectivity index (χ2n) is 8.67. The normalized spacial score (nSPS) is 19.9. The predicted molar refractivity (Wildman–Crippen MR) is 118 cm³/mol. The first kappa shape index (κ1) is 25.1. The van der Waals surface area contributed by atoms with Crippen molar-refractivity contribution >= 4 is 27.2 Å². The lowest BCUT2D eigenvalue weighted by Crippen LogP contribution is -2.47. The van der Waals surface area contributed by atoms with Gasteiger partial charge in [-0.3, -0.25) is 4.79 Å². The first-order valence-electron chi connectivity index (χ1n) is 10.9. The second-order valence-corrected chi connectivity index (χ2v) is 10.7. The second kappa shape index (κ2) is 9.25. The number of hydrogen-bond donors (Lipinski definition) is 1. The summed E-state index contributed by atoms with van der Waals surface area (Å²) < 4.78 is 89.9. The first-order valence-corrected chi connectivity index (χ1v) is 12.8. The number of aromatic nitrogens is 1. The van der Waals surface area contributed by atoms with Crippen LogP contribution in [0.5, 0.6) is 0 Å². The van der Waals surface area contributed by atoms with E-state index in [4.69, 9.17) is 0 Å². The van der Waals surface area contributed by atoms with Gasteiger partial charge < -0.3 is 15.1 Å². The monoisotopic (exact) mass is 518 g/mol. The molecule has 1 amide bonds. The minimum atomic E-state index is -4.45. The standard InChI is InChI=1S/C22H23F5N4O3S/c1-35(33,34)19-11-15(23)18(10-16(19)24)29-17-6-9-31(21(17)32)14-4-7-30(8-5-14)20-3-2-13(12-28-20)22(25,26)27/h2-3,10-12,14,17,29H,4-9H2,1H3. The van der Waals surface area contributed by atoms with Gasteiger partial charge in [-0.15, -0.1) is 0 Å². The molecular formula is C22H23F5N4O3S. The average molecular weight is 519 g/mol. The fourth-order valence-corrected chi connectivity index (χ4v) is 5.19. The van der Waals surface area contributed by atoms with Gasteiger partial charge in [-0.25, -0.2) is 22.2 Å². The number of piperidine rings is 1. The molecule has 1 atom stereocenters. The lowest BCUT2D eigenvalue weighted by Gasteiger charge is -2.37. The van der Waals surface area contributed by atoms with Gasteiger partial charge in [-0.2, -0.15) is 13.2 Å². The van der Waals surface area contributed by atoms with Gasteiger partial charge in [0.15, 0.2) is 9.84 Å². The van der Waals surface area contributed by atoms with Gasteiger partial charge in [0, 0.05) is 44.2 Å². The van der Waals surface area contributed by atoms with E-state index in [1.54, 1.807) is 4.90 Å². The van der Waals surface area contributed by atoms with Crippen LogP contribution in [0.1, 0.15) is 24.8 Å². The number of anilines is 2. The van der Waals surface area contributed by atoms with Crippen LogP contribution in [0.2, 0.25) is 0 Å². The Morgan fingerprint density at radius 2 is 1.71 bits per heavy atom. The van der Waals surface area contributed by atoms with Crippen molar-refractivity contribution in [3.05, 3.63) is 47.7 Å². The van der Waals surface area contributed by atoms with Crippen molar-refractivity contribution in [2.75, 3.05) is 36.1 Å². The molecule has 0 bridgehead atoms. The molecule has 2 saturated heterocycles. The van der Waals surface area contributed by atoms with Crippen LogP contribution < -0.4 is 10.2 Å². The Labute approximate surface area is 198 Å². The number of nitrogens with zero attached hydrogens (tertiary/aromatic N) is 3. The number of carbonyl (C=O) groups excluding carboxylic acids is 1. The van der Waals surface area contributed by atoms with Crippen LogP contribution in [0, 0.1) is 11.6 Å². The zero-order valence-electron chi connectivity index (χ0n) is 18.6. The smallest absolute Gasteiger partial charge is 0.371 e. The maximum Gasteiger partial charge on any atom is 0.417 e. The maximum atomic E-state index is 14.4. The summed E-state index contributed by atoms with van der Waals surface area (Å²) in [6.07, 6.45) is -1.38. The van der Waals surface area contributed by atoms with Gasteiger partial charge in [0.2, 0.25) is 5.91 Å². The van der Waals surface area contributed by atoms with Crippen molar-refractivity contribution in [1.82, 2.24) is 9.88 Å². The minimum absolute atomic E-state index is 0.103. The SMILES string of the molecule is CS(=O)(=O)c1cc(F)c(NC2CCN(C3CCN(c4ccc(C(F)(F)F)cn4)CC3)C2=O)cc1F. The zero-order chi connectivity index (χ0) is 25.5. The summed E-state index contributed by atoms with van der Waals surface area (Å²) in [6.45, 7) is 1.40. The average Bonchev–Trinajstić information content (AvgIpc) is 3.15. The summed E-state index contributed by atoms with van der Waals surface area (Å²) in [6, 6.07) is 2.75. The van der Waals surface area contributed by atoms with Crippen molar-refractivity contribution < 1.29 is 35.2 Å². The molecule has 4 rings (SSSR count). The largest absolute Gasteiger partial charge is 0.417 e. The van der Waals surface area contributed by atoms with Gasteiger partial charge >= 0.3 is 6.18 Å². The molecule has 2 fully saturated rings. The predicted octanol–water partition coefficient (Wildman–Crippen LogP) is 3.46. The van der Waals surface area contributed by atoms with Crippen LogP contribution >= 0.6 is 0 Å². The summed E-state index contributed by atoms with van der Waals surface area (Å²) in [4.78, 5) is 19.6. The Morgan fingerprint density at radius 1 is 1.03 bits per heavy atom. The number of rotatable bonds is 5. The van der Waals surface area contributed by atoms with Crippen LogP contribution in [-0.4, -0.2) is 62.2 Å². The van der Waals surface area contributed by atoms with Crippen LogP contribution in [0.15, 0.2) is 35.4 Å². The van der Waals surface area contributed by atoms with Crippen molar-refractivity contribution in [2.24, 2.45) is 0 Å². The number of nitrogens with one attached hydrogen (secondary N) is 1. The van der Waals surface area contributed by atoms with Crippen molar-refractivity contribution in [3.8, 4) is 0 Å². The third-order valence-electron chi connectivity index (χ3n) is 6.30. The minimum Gasteiger partial charge on any atom is -0.371 e. The molecule has 7 nitrogen and oxygen atoms in total. The number of carbonyl (C=O) groups is 1. The van der Waals surface area contributed by atoms with Crippen molar-refractivity contribution in [2.45, 2.75) is 42.4 Å². The Morgan fingerprint density at radius 3 is 2.29 bits per heavy atom. The lowest BCUT2D eigenvalue weighted by atomic mass is 10.0. The number of amides is 1. The topological polar surface area (TPSA) is 82.6 Å². The third kappa shape index (κ3) is 5.34. The molecule has 13 heteroatoms. The molecule has 3 heterocycles. The van der Waals surface area contributed by atoms with Crippen LogP contribution in [0.25, 0.3) is 0 Å². The molecule has 2 aliphatic rings. The molecule has 0 saturated carbocycles. The van der Waals surface area contributed by atoms with E-state index < -0.39 is 44.1 Å². The van der Waals surface area contributed by atoms with Crippen LogP contribution in [-0.2, 0) is 20.8 Å². The highest BCUT2D eigenvalue weighted by Gasteiger charge is 2.38. The van der Waals surface area contributed by atoms with Gasteiger partial charge in [-0.05, 0) is 37.5 Å². The molecule has 1 N–H and O–H groups in total. The number of likely N-dealkylation sites (tertiary alicyclic amines) is 1. The van der Waals surface area contributed by atoms with Crippen LogP contribution in [0.3, 0.4) is 0 Å². The fourth-order valence-electron chi connectivity index (χ4n) is 4.46. The van der Waals surface area contributed by atoms with Crippen molar-refractivity contribution in [3.63, 3.8) is 0 Å². The van der Waals surface area contributed by atoms with Crippen LogP contribution in [0.4, 0.5) is 33.5 Å². The summed E-state index contributed by atoms with van der Waals surface area (Å²) >= 11 is 0. The maximum absolute atomic E-state index is 14.4. The first-order chi connectivity index (χ1) is 16.3. The molecule has 0 aliphatic carbocycles. The zero-order valence-corrected chi connectivity index (χ0v) is 19.5. The van der Waals surface area contributed by atoms with E-state index in [2.05, 4.69) is 10.3 Å². The van der Waals surface area contributed by atoms with E-state index in [9.17, 15) is 35.2 Å². The molecule has 1 unspecified atom stereocenters. The van der Waals surface area contributed by atoms with E-state index in [0.29, 0.717) is 50.8 Å². The summed E-state index contributed by atoms with van der Waals surface area (Å²) in [5.41, 5.74) is -1.11. The number of sulfone groups is 1. The number of halogens is 5. The molecule has 0 radical (unpaired) electrons. The highest BCUT2D eigenvalue weighted by molar-refractivity contribution is 7.90. The summed E-state index contributed by atoms with van der Waals surface area (Å²) in [5.74, 6) is -1.93. The molecular weight excluding hydrogens is 495 g/mol. The Hall–Kier alpha value is -2.96. The fraction of sp³-hybridized carbons (Fsp3) is 0.455. The third-order valence-corrected chi connectivity index (χ3v) is 7.41. The molecule has 1 aromatic heterocycles. The van der Waals surface area contributed by atoms with Gasteiger partial charge in [0.05, 0.1) is 11.3 Å². The Bertz CT molecular complexity index is 1210. The van der Waals surface area contributed by atoms with E-state index in [0.717, 1.165) is 24.6 Å². The van der Waals surface area contributed by atoms with Gasteiger partial charge in [-0.1, -0.05) is 0 Å². The molecule has 1 aromatic carbocycles. The molecule has 190 valence electrons. The Balaban J connectivity index is 1.36. The number of hydrogen-bond acceptors (Lipinski definition) is 6. The van der Waals surface area contributed by atoms with Gasteiger partial charge in [0.1, 0.15) is 28.4 Å². The molecule has 35 heavy (non-hydrogen) atoms. The lowest BCUT2D eigenvalue weighted by molar-refractivity contribution is -0.137. The Kier molecular flexibility index (Phi) is 6.64. The van der Waals surface area contributed by atoms with Crippen molar-refractivity contribution in [1.29, 1.82) is 0 Å². The van der Waals surface area contributed by atoms with E-state index in [-0.39, 0.29) is 17.6 Å². The van der Waals surface area contributed by atoms with E-state index in [1.165, 1.54) is 6.07 Å². The summed E-state index contributed by atoms with van der Waals surface area (Å²) in [7, 11) is -3.94. The summed E-state index contributed by atoms with van der Waals surface area (Å²) in [5, 5.41) is 2.69. The molecule has 0 spiro atoms. The number of benzene rings is 1. The van der Waals surface area contributed by atoms with E-state index >= 15 is 0 Å². The number of alkyl halides is 3. The van der Waals surface area contributed by atoms with Gasteiger partial charge in [0.25, 0.3) is 0 Å². The van der Waals surface area contributed by atoms with E-state index in [1.807, 2.05) is 4.90 Å². The quantitative estimate of drug-likeness (QED) is 0.611. The highest BCUT2D eigenvalue weighted by atomic mass is 32.2. The number of pyridine rings is 1.